The molecule has 0 aromatic heterocycles. The molecular formula is C38H77NO2. The van der Waals surface area contributed by atoms with E-state index in [2.05, 4.69) is 19.2 Å². The second kappa shape index (κ2) is 33.9. The van der Waals surface area contributed by atoms with Crippen LogP contribution >= 0.6 is 0 Å². The van der Waals surface area contributed by atoms with E-state index in [1.807, 2.05) is 6.92 Å². The molecule has 246 valence electrons. The fraction of sp³-hybridized carbons (Fsp3) is 0.974. The minimum atomic E-state index is -0.415. The highest BCUT2D eigenvalue weighted by Crippen LogP contribution is 2.16. The predicted molar refractivity (Wildman–Crippen MR) is 183 cm³/mol. The highest BCUT2D eigenvalue weighted by atomic mass is 16.3. The van der Waals surface area contributed by atoms with Gasteiger partial charge in [0.15, 0.2) is 0 Å². The van der Waals surface area contributed by atoms with Crippen LogP contribution in [0.4, 0.5) is 0 Å². The van der Waals surface area contributed by atoms with Crippen LogP contribution in [-0.4, -0.2) is 23.2 Å². The smallest absolute Gasteiger partial charge is 0.220 e. The number of amides is 1. The molecule has 0 fully saturated rings. The van der Waals surface area contributed by atoms with Crippen LogP contribution in [0.5, 0.6) is 0 Å². The molecule has 41 heavy (non-hydrogen) atoms. The number of carbonyl (C=O) groups excluding carboxylic acids is 1. The van der Waals surface area contributed by atoms with Gasteiger partial charge < -0.3 is 10.4 Å². The van der Waals surface area contributed by atoms with Crippen LogP contribution in [-0.2, 0) is 4.79 Å². The SMILES string of the molecule is CCCCCCCCCCCCCCCCCCCC(=O)N[C@@H](C)[C@H](O)CCCCCCCCCCCCCCC. The van der Waals surface area contributed by atoms with Gasteiger partial charge in [-0.15, -0.1) is 0 Å². The Balaban J connectivity index is 3.39. The molecule has 0 spiro atoms. The van der Waals surface area contributed by atoms with Crippen molar-refractivity contribution in [3.8, 4) is 0 Å². The van der Waals surface area contributed by atoms with Gasteiger partial charge in [0.05, 0.1) is 12.1 Å². The normalized spacial score (nSPS) is 13.0. The van der Waals surface area contributed by atoms with Crippen LogP contribution in [0, 0.1) is 0 Å². The number of hydrogen-bond donors (Lipinski definition) is 2. The lowest BCUT2D eigenvalue weighted by atomic mass is 10.0. The minimum Gasteiger partial charge on any atom is -0.391 e. The molecule has 0 heterocycles. The van der Waals surface area contributed by atoms with Crippen LogP contribution < -0.4 is 5.32 Å². The Labute approximate surface area is 259 Å². The summed E-state index contributed by atoms with van der Waals surface area (Å²) in [7, 11) is 0. The van der Waals surface area contributed by atoms with Crippen molar-refractivity contribution in [2.45, 2.75) is 238 Å². The van der Waals surface area contributed by atoms with Gasteiger partial charge in [0.25, 0.3) is 0 Å². The molecule has 0 radical (unpaired) electrons. The average molecular weight is 580 g/mol. The van der Waals surface area contributed by atoms with Crippen LogP contribution in [0.3, 0.4) is 0 Å². The molecule has 0 unspecified atom stereocenters. The van der Waals surface area contributed by atoms with Gasteiger partial charge in [-0.2, -0.15) is 0 Å². The van der Waals surface area contributed by atoms with E-state index in [4.69, 9.17) is 0 Å². The molecule has 2 atom stereocenters. The van der Waals surface area contributed by atoms with Crippen LogP contribution in [0.1, 0.15) is 226 Å². The van der Waals surface area contributed by atoms with Crippen LogP contribution in [0.2, 0.25) is 0 Å². The molecule has 0 rings (SSSR count). The van der Waals surface area contributed by atoms with E-state index >= 15 is 0 Å². The molecule has 3 heteroatoms. The molecule has 0 aromatic rings. The van der Waals surface area contributed by atoms with Gasteiger partial charge >= 0.3 is 0 Å². The highest BCUT2D eigenvalue weighted by molar-refractivity contribution is 5.76. The van der Waals surface area contributed by atoms with Gasteiger partial charge in [0.1, 0.15) is 0 Å². The van der Waals surface area contributed by atoms with Crippen molar-refractivity contribution < 1.29 is 9.90 Å². The van der Waals surface area contributed by atoms with E-state index < -0.39 is 6.10 Å². The van der Waals surface area contributed by atoms with Gasteiger partial charge in [-0.3, -0.25) is 4.79 Å². The van der Waals surface area contributed by atoms with Gasteiger partial charge in [0, 0.05) is 6.42 Å². The van der Waals surface area contributed by atoms with Crippen molar-refractivity contribution >= 4 is 5.91 Å². The van der Waals surface area contributed by atoms with Crippen LogP contribution in [0.25, 0.3) is 0 Å². The molecule has 3 nitrogen and oxygen atoms in total. The number of carbonyl (C=O) groups is 1. The van der Waals surface area contributed by atoms with E-state index in [-0.39, 0.29) is 11.9 Å². The monoisotopic (exact) mass is 580 g/mol. The lowest BCUT2D eigenvalue weighted by molar-refractivity contribution is -0.122. The summed E-state index contributed by atoms with van der Waals surface area (Å²) >= 11 is 0. The summed E-state index contributed by atoms with van der Waals surface area (Å²) < 4.78 is 0. The third-order valence-corrected chi connectivity index (χ3v) is 9.08. The average Bonchev–Trinajstić information content (AvgIpc) is 2.96. The lowest BCUT2D eigenvalue weighted by Gasteiger charge is -2.20. The Morgan fingerprint density at radius 3 is 1.05 bits per heavy atom. The molecule has 1 amide bonds. The Hall–Kier alpha value is -0.570. The van der Waals surface area contributed by atoms with Crippen molar-refractivity contribution in [3.05, 3.63) is 0 Å². The minimum absolute atomic E-state index is 0.114. The first-order chi connectivity index (χ1) is 20.1. The Morgan fingerprint density at radius 2 is 0.732 bits per heavy atom. The summed E-state index contributed by atoms with van der Waals surface area (Å²) in [5, 5.41) is 13.5. The number of aliphatic hydroxyl groups is 1. The fourth-order valence-electron chi connectivity index (χ4n) is 6.05. The maximum atomic E-state index is 12.3. The third-order valence-electron chi connectivity index (χ3n) is 9.08. The van der Waals surface area contributed by atoms with Gasteiger partial charge in [-0.25, -0.2) is 0 Å². The molecule has 2 N–H and O–H groups in total. The number of aliphatic hydroxyl groups excluding tert-OH is 1. The summed E-state index contributed by atoms with van der Waals surface area (Å²) in [5.74, 6) is 0.114. The zero-order chi connectivity index (χ0) is 30.1. The summed E-state index contributed by atoms with van der Waals surface area (Å²) in [6.45, 7) is 6.53. The molecular weight excluding hydrogens is 502 g/mol. The van der Waals surface area contributed by atoms with E-state index in [1.54, 1.807) is 0 Å². The maximum Gasteiger partial charge on any atom is 0.220 e. The number of rotatable bonds is 34. The second-order valence-corrected chi connectivity index (χ2v) is 13.4. The zero-order valence-electron chi connectivity index (χ0n) is 28.6. The van der Waals surface area contributed by atoms with E-state index in [0.29, 0.717) is 6.42 Å². The topological polar surface area (TPSA) is 49.3 Å². The first kappa shape index (κ1) is 40.4. The summed E-state index contributed by atoms with van der Waals surface area (Å²) in [4.78, 5) is 12.3. The van der Waals surface area contributed by atoms with Crippen molar-refractivity contribution in [2.24, 2.45) is 0 Å². The largest absolute Gasteiger partial charge is 0.391 e. The Bertz CT molecular complexity index is 509. The van der Waals surface area contributed by atoms with E-state index in [0.717, 1.165) is 25.7 Å². The first-order valence-electron chi connectivity index (χ1n) is 19.1. The first-order valence-corrected chi connectivity index (χ1v) is 19.1. The van der Waals surface area contributed by atoms with Crippen molar-refractivity contribution in [3.63, 3.8) is 0 Å². The molecule has 0 saturated heterocycles. The third kappa shape index (κ3) is 32.2. The van der Waals surface area contributed by atoms with Gasteiger partial charge in [0.2, 0.25) is 5.91 Å². The number of hydrogen-bond acceptors (Lipinski definition) is 2. The Morgan fingerprint density at radius 1 is 0.463 bits per heavy atom. The van der Waals surface area contributed by atoms with E-state index in [9.17, 15) is 9.90 Å². The predicted octanol–water partition coefficient (Wildman–Crippen LogP) is 12.4. The summed E-state index contributed by atoms with van der Waals surface area (Å²) in [6, 6.07) is -0.134. The maximum absolute atomic E-state index is 12.3. The highest BCUT2D eigenvalue weighted by Gasteiger charge is 2.15. The number of nitrogens with one attached hydrogen (secondary N) is 1. The molecule has 0 aliphatic heterocycles. The fourth-order valence-corrected chi connectivity index (χ4v) is 6.05. The lowest BCUT2D eigenvalue weighted by Crippen LogP contribution is -2.41. The molecule has 0 aliphatic carbocycles. The molecule has 0 aromatic carbocycles. The quantitative estimate of drug-likeness (QED) is 0.0745. The van der Waals surface area contributed by atoms with Gasteiger partial charge in [-0.05, 0) is 19.8 Å². The van der Waals surface area contributed by atoms with Crippen molar-refractivity contribution in [2.75, 3.05) is 0 Å². The molecule has 0 aliphatic rings. The van der Waals surface area contributed by atoms with Crippen molar-refractivity contribution in [1.29, 1.82) is 0 Å². The summed E-state index contributed by atoms with van der Waals surface area (Å²) in [6.07, 6.45) is 41.5. The van der Waals surface area contributed by atoms with Crippen molar-refractivity contribution in [1.82, 2.24) is 5.32 Å². The number of unbranched alkanes of at least 4 members (excludes halogenated alkanes) is 28. The summed E-state index contributed by atoms with van der Waals surface area (Å²) in [5.41, 5.74) is 0. The standard InChI is InChI=1S/C38H77NO2/c1-4-6-8-10-12-14-16-18-19-20-21-23-25-27-29-31-33-35-38(41)39-36(3)37(40)34-32-30-28-26-24-22-17-15-13-11-9-7-5-2/h36-37,40H,4-35H2,1-3H3,(H,39,41)/t36-,37+/m0/s1. The Kier molecular flexibility index (Phi) is 33.5. The van der Waals surface area contributed by atoms with E-state index in [1.165, 1.54) is 173 Å². The second-order valence-electron chi connectivity index (χ2n) is 13.4. The molecule has 0 bridgehead atoms. The zero-order valence-corrected chi connectivity index (χ0v) is 28.6. The van der Waals surface area contributed by atoms with Gasteiger partial charge in [-0.1, -0.05) is 200 Å². The molecule has 0 saturated carbocycles. The van der Waals surface area contributed by atoms with Crippen LogP contribution in [0.15, 0.2) is 0 Å².